The molecule has 6 heteroatoms. The minimum atomic E-state index is -1.08. The van der Waals surface area contributed by atoms with Gasteiger partial charge in [-0.2, -0.15) is 0 Å². The Morgan fingerprint density at radius 3 is 2.69 bits per heavy atom. The normalized spacial score (nSPS) is 12.5. The Morgan fingerprint density at radius 1 is 1.62 bits per heavy atom. The van der Waals surface area contributed by atoms with Crippen molar-refractivity contribution in [2.24, 2.45) is 0 Å². The van der Waals surface area contributed by atoms with E-state index in [1.807, 2.05) is 0 Å². The molecule has 0 radical (unpaired) electrons. The summed E-state index contributed by atoms with van der Waals surface area (Å²) in [7, 11) is 0. The van der Waals surface area contributed by atoms with Gasteiger partial charge in [0.25, 0.3) is 5.69 Å². The molecule has 1 aromatic heterocycles. The van der Waals surface area contributed by atoms with Gasteiger partial charge < -0.3 is 10.2 Å². The Bertz CT molecular complexity index is 298. The molecule has 6 nitrogen and oxygen atoms in total. The first kappa shape index (κ1) is 9.56. The van der Waals surface area contributed by atoms with Crippen LogP contribution in [0.25, 0.3) is 0 Å². The molecule has 0 spiro atoms. The van der Waals surface area contributed by atoms with Crippen molar-refractivity contribution in [3.8, 4) is 0 Å². The first-order valence-corrected chi connectivity index (χ1v) is 3.54. The van der Waals surface area contributed by atoms with E-state index in [1.165, 1.54) is 12.1 Å². The van der Waals surface area contributed by atoms with Crippen molar-refractivity contribution in [3.63, 3.8) is 0 Å². The second-order valence-electron chi connectivity index (χ2n) is 2.40. The van der Waals surface area contributed by atoms with Gasteiger partial charge in [0.15, 0.2) is 0 Å². The number of aromatic nitrogens is 1. The van der Waals surface area contributed by atoms with Gasteiger partial charge >= 0.3 is 0 Å². The predicted octanol–water partition coefficient (Wildman–Crippen LogP) is 0.0155. The summed E-state index contributed by atoms with van der Waals surface area (Å²) < 4.78 is 0. The molecule has 1 atom stereocenters. The van der Waals surface area contributed by atoms with Gasteiger partial charge in [0, 0.05) is 6.07 Å². The quantitative estimate of drug-likeness (QED) is 0.509. The predicted molar refractivity (Wildman–Crippen MR) is 42.9 cm³/mol. The zero-order chi connectivity index (χ0) is 9.84. The van der Waals surface area contributed by atoms with E-state index in [1.54, 1.807) is 0 Å². The topological polar surface area (TPSA) is 96.5 Å². The molecule has 0 aliphatic carbocycles. The average Bonchev–Trinajstić information content (AvgIpc) is 2.17. The highest BCUT2D eigenvalue weighted by atomic mass is 16.6. The Morgan fingerprint density at radius 2 is 2.31 bits per heavy atom. The lowest BCUT2D eigenvalue weighted by molar-refractivity contribution is -0.385. The highest BCUT2D eigenvalue weighted by Crippen LogP contribution is 2.13. The summed E-state index contributed by atoms with van der Waals surface area (Å²) in [6, 6.07) is 2.53. The van der Waals surface area contributed by atoms with E-state index < -0.39 is 17.6 Å². The third-order valence-corrected chi connectivity index (χ3v) is 1.50. The molecule has 0 saturated heterocycles. The maximum absolute atomic E-state index is 10.2. The van der Waals surface area contributed by atoms with Gasteiger partial charge in [0.2, 0.25) is 0 Å². The van der Waals surface area contributed by atoms with Crippen molar-refractivity contribution in [1.82, 2.24) is 4.98 Å². The Hall–Kier alpha value is -1.53. The van der Waals surface area contributed by atoms with E-state index in [2.05, 4.69) is 4.98 Å². The maximum Gasteiger partial charge on any atom is 0.287 e. The molecule has 0 aromatic carbocycles. The third kappa shape index (κ3) is 2.20. The van der Waals surface area contributed by atoms with Crippen LogP contribution in [0.3, 0.4) is 0 Å². The van der Waals surface area contributed by atoms with Crippen molar-refractivity contribution >= 4 is 5.69 Å². The van der Waals surface area contributed by atoms with Crippen molar-refractivity contribution in [2.75, 3.05) is 6.61 Å². The van der Waals surface area contributed by atoms with Gasteiger partial charge in [-0.05, 0) is 6.07 Å². The second-order valence-corrected chi connectivity index (χ2v) is 2.40. The lowest BCUT2D eigenvalue weighted by atomic mass is 10.2. The lowest BCUT2D eigenvalue weighted by Crippen LogP contribution is -2.04. The summed E-state index contributed by atoms with van der Waals surface area (Å²) in [4.78, 5) is 13.2. The maximum atomic E-state index is 10.2. The SMILES string of the molecule is O=[N+]([O-])c1ccc([C@@H](O)CO)nc1. The van der Waals surface area contributed by atoms with E-state index in [-0.39, 0.29) is 11.4 Å². The molecule has 0 bridgehead atoms. The standard InChI is InChI=1S/C7H8N2O4/c10-4-7(11)6-2-1-5(3-8-6)9(12)13/h1-3,7,10-11H,4H2/t7-/m0/s1. The number of aliphatic hydroxyl groups excluding tert-OH is 2. The summed E-state index contributed by atoms with van der Waals surface area (Å²) in [5.41, 5.74) is 0.0713. The van der Waals surface area contributed by atoms with Crippen LogP contribution in [0, 0.1) is 10.1 Å². The number of nitro groups is 1. The number of hydrogen-bond acceptors (Lipinski definition) is 5. The summed E-state index contributed by atoms with van der Waals surface area (Å²) in [6.07, 6.45) is -0.0467. The second kappa shape index (κ2) is 3.92. The average molecular weight is 184 g/mol. The molecule has 1 heterocycles. The van der Waals surface area contributed by atoms with E-state index in [0.29, 0.717) is 0 Å². The van der Waals surface area contributed by atoms with Crippen molar-refractivity contribution < 1.29 is 15.1 Å². The minimum Gasteiger partial charge on any atom is -0.393 e. The van der Waals surface area contributed by atoms with Gasteiger partial charge in [0.05, 0.1) is 17.2 Å². The van der Waals surface area contributed by atoms with Gasteiger partial charge in [-0.1, -0.05) is 0 Å². The molecular formula is C7H8N2O4. The van der Waals surface area contributed by atoms with Crippen LogP contribution in [0.1, 0.15) is 11.8 Å². The molecule has 13 heavy (non-hydrogen) atoms. The molecule has 0 aliphatic heterocycles. The van der Waals surface area contributed by atoms with E-state index in [9.17, 15) is 10.1 Å². The van der Waals surface area contributed by atoms with Crippen LogP contribution in [-0.4, -0.2) is 26.7 Å². The van der Waals surface area contributed by atoms with Gasteiger partial charge in [0.1, 0.15) is 12.3 Å². The number of rotatable bonds is 3. The van der Waals surface area contributed by atoms with Crippen LogP contribution in [-0.2, 0) is 0 Å². The first-order valence-electron chi connectivity index (χ1n) is 3.54. The Balaban J connectivity index is 2.87. The summed E-state index contributed by atoms with van der Waals surface area (Å²) in [5, 5.41) is 27.8. The zero-order valence-corrected chi connectivity index (χ0v) is 6.62. The van der Waals surface area contributed by atoms with Crippen LogP contribution in [0.15, 0.2) is 18.3 Å². The number of aliphatic hydroxyl groups is 2. The largest absolute Gasteiger partial charge is 0.393 e. The van der Waals surface area contributed by atoms with Crippen molar-refractivity contribution in [3.05, 3.63) is 34.1 Å². The molecule has 0 fully saturated rings. The fourth-order valence-electron chi connectivity index (χ4n) is 0.796. The highest BCUT2D eigenvalue weighted by molar-refractivity contribution is 5.27. The van der Waals surface area contributed by atoms with Crippen LogP contribution in [0.4, 0.5) is 5.69 Å². The molecule has 1 aromatic rings. The molecule has 0 aliphatic rings. The van der Waals surface area contributed by atoms with E-state index in [4.69, 9.17) is 10.2 Å². The lowest BCUT2D eigenvalue weighted by Gasteiger charge is -2.04. The summed E-state index contributed by atoms with van der Waals surface area (Å²) in [6.45, 7) is -0.454. The molecule has 1 rings (SSSR count). The number of pyridine rings is 1. The first-order chi connectivity index (χ1) is 6.15. The number of hydrogen-bond donors (Lipinski definition) is 2. The molecule has 0 amide bonds. The van der Waals surface area contributed by atoms with E-state index in [0.717, 1.165) is 6.20 Å². The highest BCUT2D eigenvalue weighted by Gasteiger charge is 2.10. The fraction of sp³-hybridized carbons (Fsp3) is 0.286. The summed E-state index contributed by atoms with van der Waals surface area (Å²) in [5.74, 6) is 0. The Labute approximate surface area is 73.6 Å². The Kier molecular flexibility index (Phi) is 2.88. The molecule has 70 valence electrons. The molecular weight excluding hydrogens is 176 g/mol. The molecule has 2 N–H and O–H groups in total. The molecule has 0 saturated carbocycles. The van der Waals surface area contributed by atoms with Gasteiger partial charge in [-0.25, -0.2) is 0 Å². The zero-order valence-electron chi connectivity index (χ0n) is 6.62. The van der Waals surface area contributed by atoms with Crippen LogP contribution in [0.2, 0.25) is 0 Å². The third-order valence-electron chi connectivity index (χ3n) is 1.50. The fourth-order valence-corrected chi connectivity index (χ4v) is 0.796. The van der Waals surface area contributed by atoms with Gasteiger partial charge in [-0.15, -0.1) is 0 Å². The van der Waals surface area contributed by atoms with E-state index >= 15 is 0 Å². The van der Waals surface area contributed by atoms with Crippen molar-refractivity contribution in [2.45, 2.75) is 6.10 Å². The monoisotopic (exact) mass is 184 g/mol. The van der Waals surface area contributed by atoms with Crippen molar-refractivity contribution in [1.29, 1.82) is 0 Å². The van der Waals surface area contributed by atoms with Gasteiger partial charge in [-0.3, -0.25) is 15.1 Å². The minimum absolute atomic E-state index is 0.145. The van der Waals surface area contributed by atoms with Crippen LogP contribution < -0.4 is 0 Å². The van der Waals surface area contributed by atoms with Crippen LogP contribution >= 0.6 is 0 Å². The smallest absolute Gasteiger partial charge is 0.287 e. The van der Waals surface area contributed by atoms with Crippen LogP contribution in [0.5, 0.6) is 0 Å². The summed E-state index contributed by atoms with van der Waals surface area (Å²) >= 11 is 0. The number of nitrogens with zero attached hydrogens (tertiary/aromatic N) is 2. The molecule has 0 unspecified atom stereocenters.